The third-order valence-electron chi connectivity index (χ3n) is 4.49. The highest BCUT2D eigenvalue weighted by atomic mass is 16.5. The first-order valence-corrected chi connectivity index (χ1v) is 8.68. The van der Waals surface area contributed by atoms with E-state index in [1.807, 2.05) is 49.1 Å². The van der Waals surface area contributed by atoms with Crippen molar-refractivity contribution in [3.05, 3.63) is 35.9 Å². The summed E-state index contributed by atoms with van der Waals surface area (Å²) in [6.45, 7) is 6.00. The van der Waals surface area contributed by atoms with E-state index in [1.54, 1.807) is 7.11 Å². The molecule has 1 saturated heterocycles. The molecule has 1 aliphatic rings. The molecule has 1 fully saturated rings. The van der Waals surface area contributed by atoms with Crippen LogP contribution in [0.1, 0.15) is 19.4 Å². The molecule has 0 aliphatic carbocycles. The summed E-state index contributed by atoms with van der Waals surface area (Å²) >= 11 is 0. The van der Waals surface area contributed by atoms with Gasteiger partial charge in [0.05, 0.1) is 18.2 Å². The minimum Gasteiger partial charge on any atom is -0.378 e. The maximum Gasteiger partial charge on any atom is 0.315 e. The number of benzene rings is 1. The first kappa shape index (κ1) is 19.2. The standard InChI is InChI=1S/C18H28N4O3/c1-4-19-18(24)21-15-11-22(12-16(15)25-3)13(2)17(23)20-10-14-8-6-5-7-9-14/h5-9,13,15-16H,4,10-12H2,1-3H3,(H,20,23)(H2,19,21,24)/t13-,15-,16-/m0/s1. The molecule has 7 nitrogen and oxygen atoms in total. The lowest BCUT2D eigenvalue weighted by Crippen LogP contribution is -2.48. The van der Waals surface area contributed by atoms with Gasteiger partial charge in [0.15, 0.2) is 0 Å². The zero-order valence-electron chi connectivity index (χ0n) is 15.1. The molecular formula is C18H28N4O3. The van der Waals surface area contributed by atoms with Gasteiger partial charge in [0.25, 0.3) is 0 Å². The molecule has 1 aliphatic heterocycles. The topological polar surface area (TPSA) is 82.7 Å². The molecule has 1 aromatic carbocycles. The van der Waals surface area contributed by atoms with Gasteiger partial charge < -0.3 is 20.7 Å². The maximum atomic E-state index is 12.4. The molecule has 0 radical (unpaired) electrons. The minimum absolute atomic E-state index is 0.0302. The van der Waals surface area contributed by atoms with Gasteiger partial charge in [-0.3, -0.25) is 9.69 Å². The van der Waals surface area contributed by atoms with E-state index in [1.165, 1.54) is 0 Å². The normalized spacial score (nSPS) is 21.6. The van der Waals surface area contributed by atoms with E-state index in [4.69, 9.17) is 4.74 Å². The Kier molecular flexibility index (Phi) is 7.21. The van der Waals surface area contributed by atoms with E-state index < -0.39 is 0 Å². The Morgan fingerprint density at radius 3 is 2.60 bits per heavy atom. The predicted molar refractivity (Wildman–Crippen MR) is 96.1 cm³/mol. The van der Waals surface area contributed by atoms with Crippen LogP contribution in [0.4, 0.5) is 4.79 Å². The van der Waals surface area contributed by atoms with Crippen LogP contribution in [0, 0.1) is 0 Å². The highest BCUT2D eigenvalue weighted by Crippen LogP contribution is 2.16. The van der Waals surface area contributed by atoms with Gasteiger partial charge >= 0.3 is 6.03 Å². The molecule has 0 saturated carbocycles. The van der Waals surface area contributed by atoms with Crippen LogP contribution >= 0.6 is 0 Å². The third kappa shape index (κ3) is 5.44. The Labute approximate surface area is 149 Å². The molecule has 25 heavy (non-hydrogen) atoms. The van der Waals surface area contributed by atoms with Gasteiger partial charge in [-0.25, -0.2) is 4.79 Å². The number of rotatable bonds is 7. The van der Waals surface area contributed by atoms with E-state index in [9.17, 15) is 9.59 Å². The largest absolute Gasteiger partial charge is 0.378 e. The Balaban J connectivity index is 1.87. The second kappa shape index (κ2) is 9.39. The molecule has 1 heterocycles. The molecule has 0 unspecified atom stereocenters. The average molecular weight is 348 g/mol. The summed E-state index contributed by atoms with van der Waals surface area (Å²) in [6.07, 6.45) is -0.132. The van der Waals surface area contributed by atoms with Crippen molar-refractivity contribution in [3.63, 3.8) is 0 Å². The number of methoxy groups -OCH3 is 1. The molecule has 0 bridgehead atoms. The van der Waals surface area contributed by atoms with Crippen molar-refractivity contribution in [1.29, 1.82) is 0 Å². The summed E-state index contributed by atoms with van der Waals surface area (Å²) in [4.78, 5) is 26.2. The van der Waals surface area contributed by atoms with Crippen LogP contribution in [0.15, 0.2) is 30.3 Å². The van der Waals surface area contributed by atoms with Gasteiger partial charge in [-0.15, -0.1) is 0 Å². The Bertz CT molecular complexity index is 567. The van der Waals surface area contributed by atoms with Gasteiger partial charge in [-0.05, 0) is 19.4 Å². The van der Waals surface area contributed by atoms with Crippen LogP contribution in [0.3, 0.4) is 0 Å². The number of carbonyl (C=O) groups excluding carboxylic acids is 2. The fraction of sp³-hybridized carbons (Fsp3) is 0.556. The fourth-order valence-electron chi connectivity index (χ4n) is 2.98. The zero-order chi connectivity index (χ0) is 18.2. The first-order valence-electron chi connectivity index (χ1n) is 8.68. The quantitative estimate of drug-likeness (QED) is 0.678. The second-order valence-electron chi connectivity index (χ2n) is 6.22. The van der Waals surface area contributed by atoms with Crippen molar-refractivity contribution < 1.29 is 14.3 Å². The first-order chi connectivity index (χ1) is 12.0. The van der Waals surface area contributed by atoms with E-state index >= 15 is 0 Å². The number of ether oxygens (including phenoxy) is 1. The highest BCUT2D eigenvalue weighted by molar-refractivity contribution is 5.81. The molecule has 138 valence electrons. The summed E-state index contributed by atoms with van der Waals surface area (Å²) < 4.78 is 5.48. The summed E-state index contributed by atoms with van der Waals surface area (Å²) in [6, 6.07) is 9.17. The van der Waals surface area contributed by atoms with Crippen LogP contribution in [-0.2, 0) is 16.1 Å². The molecule has 3 N–H and O–H groups in total. The zero-order valence-corrected chi connectivity index (χ0v) is 15.1. The van der Waals surface area contributed by atoms with Crippen LogP contribution in [0.25, 0.3) is 0 Å². The van der Waals surface area contributed by atoms with Crippen molar-refractivity contribution in [1.82, 2.24) is 20.9 Å². The summed E-state index contributed by atoms with van der Waals surface area (Å²) in [5.74, 6) is -0.0302. The van der Waals surface area contributed by atoms with Crippen LogP contribution in [-0.4, -0.2) is 61.8 Å². The van der Waals surface area contributed by atoms with Crippen molar-refractivity contribution in [3.8, 4) is 0 Å². The van der Waals surface area contributed by atoms with E-state index in [0.717, 1.165) is 5.56 Å². The number of amides is 3. The highest BCUT2D eigenvalue weighted by Gasteiger charge is 2.37. The van der Waals surface area contributed by atoms with Crippen molar-refractivity contribution in [2.75, 3.05) is 26.7 Å². The summed E-state index contributed by atoms with van der Waals surface area (Å²) in [5, 5.41) is 8.60. The van der Waals surface area contributed by atoms with Crippen LogP contribution in [0.2, 0.25) is 0 Å². The number of carbonyl (C=O) groups is 2. The lowest BCUT2D eigenvalue weighted by atomic mass is 10.2. The Morgan fingerprint density at radius 2 is 1.96 bits per heavy atom. The number of urea groups is 1. The molecule has 7 heteroatoms. The SMILES string of the molecule is CCNC(=O)N[C@H]1CN([C@@H](C)C(=O)NCc2ccccc2)C[C@@H]1OC. The average Bonchev–Trinajstić information content (AvgIpc) is 3.02. The molecule has 2 rings (SSSR count). The number of nitrogens with zero attached hydrogens (tertiary/aromatic N) is 1. The third-order valence-corrected chi connectivity index (χ3v) is 4.49. The fourth-order valence-corrected chi connectivity index (χ4v) is 2.98. The number of likely N-dealkylation sites (tertiary alicyclic amines) is 1. The summed E-state index contributed by atoms with van der Waals surface area (Å²) in [7, 11) is 1.63. The van der Waals surface area contributed by atoms with E-state index in [2.05, 4.69) is 16.0 Å². The van der Waals surface area contributed by atoms with Gasteiger partial charge in [0.2, 0.25) is 5.91 Å². The number of hydrogen-bond acceptors (Lipinski definition) is 4. The predicted octanol–water partition coefficient (Wildman–Crippen LogP) is 0.710. The molecule has 3 amide bonds. The van der Waals surface area contributed by atoms with Gasteiger partial charge in [-0.2, -0.15) is 0 Å². The van der Waals surface area contributed by atoms with Gasteiger partial charge in [-0.1, -0.05) is 30.3 Å². The monoisotopic (exact) mass is 348 g/mol. The van der Waals surface area contributed by atoms with Gasteiger partial charge in [0, 0.05) is 33.3 Å². The van der Waals surface area contributed by atoms with Crippen molar-refractivity contribution in [2.45, 2.75) is 38.6 Å². The second-order valence-corrected chi connectivity index (χ2v) is 6.22. The van der Waals surface area contributed by atoms with E-state index in [0.29, 0.717) is 26.2 Å². The summed E-state index contributed by atoms with van der Waals surface area (Å²) in [5.41, 5.74) is 1.06. The number of hydrogen-bond donors (Lipinski definition) is 3. The molecule has 3 atom stereocenters. The lowest BCUT2D eigenvalue weighted by Gasteiger charge is -2.23. The molecule has 1 aromatic rings. The maximum absolute atomic E-state index is 12.4. The van der Waals surface area contributed by atoms with Crippen LogP contribution < -0.4 is 16.0 Å². The molecule has 0 aromatic heterocycles. The molecule has 0 spiro atoms. The Hall–Kier alpha value is -2.12. The van der Waals surface area contributed by atoms with Crippen molar-refractivity contribution >= 4 is 11.9 Å². The lowest BCUT2D eigenvalue weighted by molar-refractivity contribution is -0.125. The van der Waals surface area contributed by atoms with Crippen molar-refractivity contribution in [2.24, 2.45) is 0 Å². The number of nitrogens with one attached hydrogen (secondary N) is 3. The molecular weight excluding hydrogens is 320 g/mol. The van der Waals surface area contributed by atoms with Gasteiger partial charge in [0.1, 0.15) is 0 Å². The smallest absolute Gasteiger partial charge is 0.315 e. The minimum atomic E-state index is -0.289. The van der Waals surface area contributed by atoms with Crippen LogP contribution in [0.5, 0.6) is 0 Å². The van der Waals surface area contributed by atoms with E-state index in [-0.39, 0.29) is 30.1 Å². The Morgan fingerprint density at radius 1 is 1.24 bits per heavy atom.